The van der Waals surface area contributed by atoms with Gasteiger partial charge in [0.1, 0.15) is 0 Å². The maximum atomic E-state index is 4.73. The predicted molar refractivity (Wildman–Crippen MR) is 81.3 cm³/mol. The molecule has 1 heterocycles. The van der Waals surface area contributed by atoms with E-state index < -0.39 is 0 Å². The van der Waals surface area contributed by atoms with Gasteiger partial charge in [0.2, 0.25) is 0 Å². The maximum absolute atomic E-state index is 4.73. The Morgan fingerprint density at radius 2 is 1.05 bits per heavy atom. The molecule has 0 saturated carbocycles. The zero-order valence-corrected chi connectivity index (χ0v) is 10.6. The van der Waals surface area contributed by atoms with E-state index in [2.05, 4.69) is 30.8 Å². The SMILES string of the molecule is C=C1C=C(c2ccccc2)[N-]C(c2ccccc2)=C1. The van der Waals surface area contributed by atoms with E-state index in [1.165, 1.54) is 0 Å². The zero-order valence-electron chi connectivity index (χ0n) is 10.6. The number of nitrogens with zero attached hydrogens (tertiary/aromatic N) is 1. The van der Waals surface area contributed by atoms with Crippen LogP contribution in [0.2, 0.25) is 0 Å². The second kappa shape index (κ2) is 4.99. The average molecular weight is 244 g/mol. The third-order valence-electron chi connectivity index (χ3n) is 3.02. The third-order valence-corrected chi connectivity index (χ3v) is 3.02. The van der Waals surface area contributed by atoms with Gasteiger partial charge in [0.25, 0.3) is 0 Å². The lowest BCUT2D eigenvalue weighted by Crippen LogP contribution is -1.93. The van der Waals surface area contributed by atoms with Gasteiger partial charge >= 0.3 is 0 Å². The fourth-order valence-electron chi connectivity index (χ4n) is 2.10. The molecule has 0 N–H and O–H groups in total. The maximum Gasteiger partial charge on any atom is -0.0353 e. The zero-order chi connectivity index (χ0) is 13.1. The molecule has 1 aliphatic rings. The van der Waals surface area contributed by atoms with Gasteiger partial charge in [0, 0.05) is 0 Å². The van der Waals surface area contributed by atoms with Crippen LogP contribution >= 0.6 is 0 Å². The Hall–Kier alpha value is -2.54. The van der Waals surface area contributed by atoms with Crippen molar-refractivity contribution < 1.29 is 0 Å². The number of benzene rings is 2. The van der Waals surface area contributed by atoms with Gasteiger partial charge in [-0.15, -0.1) is 11.4 Å². The Balaban J connectivity index is 1.94. The van der Waals surface area contributed by atoms with Gasteiger partial charge in [-0.3, -0.25) is 0 Å². The lowest BCUT2D eigenvalue weighted by atomic mass is 10.0. The summed E-state index contributed by atoms with van der Waals surface area (Å²) in [6.07, 6.45) is 4.03. The summed E-state index contributed by atoms with van der Waals surface area (Å²) in [6, 6.07) is 20.4. The van der Waals surface area contributed by atoms with Crippen molar-refractivity contribution in [3.05, 3.63) is 101 Å². The van der Waals surface area contributed by atoms with Crippen molar-refractivity contribution in [1.29, 1.82) is 0 Å². The molecule has 1 nitrogen and oxygen atoms in total. The van der Waals surface area contributed by atoms with E-state index in [-0.39, 0.29) is 0 Å². The number of allylic oxidation sites excluding steroid dienone is 3. The smallest absolute Gasteiger partial charge is 0.0353 e. The van der Waals surface area contributed by atoms with E-state index in [1.54, 1.807) is 0 Å². The lowest BCUT2D eigenvalue weighted by Gasteiger charge is -2.33. The molecule has 0 aromatic heterocycles. The molecule has 0 saturated heterocycles. The highest BCUT2D eigenvalue weighted by Gasteiger charge is 2.01. The molecule has 2 aromatic rings. The van der Waals surface area contributed by atoms with Crippen molar-refractivity contribution in [2.75, 3.05) is 0 Å². The first-order chi connectivity index (χ1) is 9.33. The van der Waals surface area contributed by atoms with Gasteiger partial charge in [0.15, 0.2) is 0 Å². The number of rotatable bonds is 2. The van der Waals surface area contributed by atoms with Crippen LogP contribution in [0.15, 0.2) is 85.0 Å². The van der Waals surface area contributed by atoms with Crippen LogP contribution in [0, 0.1) is 0 Å². The summed E-state index contributed by atoms with van der Waals surface area (Å²) >= 11 is 0. The summed E-state index contributed by atoms with van der Waals surface area (Å²) in [5.74, 6) is 0. The van der Waals surface area contributed by atoms with Gasteiger partial charge in [0.05, 0.1) is 0 Å². The molecule has 0 aliphatic carbocycles. The minimum absolute atomic E-state index is 0.965. The number of hydrogen-bond acceptors (Lipinski definition) is 0. The van der Waals surface area contributed by atoms with Crippen LogP contribution < -0.4 is 0 Å². The summed E-state index contributed by atoms with van der Waals surface area (Å²) in [6.45, 7) is 4.05. The van der Waals surface area contributed by atoms with Crippen LogP contribution in [-0.4, -0.2) is 0 Å². The summed E-state index contributed by atoms with van der Waals surface area (Å²) in [7, 11) is 0. The molecule has 2 aromatic carbocycles. The molecular weight excluding hydrogens is 230 g/mol. The molecule has 0 spiro atoms. The first-order valence-electron chi connectivity index (χ1n) is 6.28. The highest BCUT2D eigenvalue weighted by Crippen LogP contribution is 2.36. The highest BCUT2D eigenvalue weighted by molar-refractivity contribution is 5.95. The number of hydrogen-bond donors (Lipinski definition) is 0. The van der Waals surface area contributed by atoms with E-state index in [1.807, 2.05) is 48.6 Å². The summed E-state index contributed by atoms with van der Waals surface area (Å²) in [4.78, 5) is 0. The van der Waals surface area contributed by atoms with Crippen LogP contribution in [0.4, 0.5) is 0 Å². The van der Waals surface area contributed by atoms with E-state index >= 15 is 0 Å². The summed E-state index contributed by atoms with van der Waals surface area (Å²) in [5.41, 5.74) is 5.14. The first kappa shape index (κ1) is 11.5. The molecule has 1 aliphatic heterocycles. The predicted octanol–water partition coefficient (Wildman–Crippen LogP) is 5.01. The molecule has 92 valence electrons. The summed E-state index contributed by atoms with van der Waals surface area (Å²) in [5, 5.41) is 4.73. The minimum Gasteiger partial charge on any atom is -0.657 e. The van der Waals surface area contributed by atoms with Crippen molar-refractivity contribution in [3.63, 3.8) is 0 Å². The molecule has 0 radical (unpaired) electrons. The van der Waals surface area contributed by atoms with E-state index in [4.69, 9.17) is 5.32 Å². The topological polar surface area (TPSA) is 14.1 Å². The Morgan fingerprint density at radius 3 is 1.47 bits per heavy atom. The third kappa shape index (κ3) is 2.50. The van der Waals surface area contributed by atoms with Gasteiger partial charge in [-0.1, -0.05) is 79.4 Å². The molecule has 3 rings (SSSR count). The van der Waals surface area contributed by atoms with Crippen molar-refractivity contribution in [2.24, 2.45) is 0 Å². The molecule has 1 heteroatoms. The van der Waals surface area contributed by atoms with Crippen LogP contribution in [0.5, 0.6) is 0 Å². The van der Waals surface area contributed by atoms with Crippen LogP contribution in [0.1, 0.15) is 11.1 Å². The molecule has 0 amide bonds. The van der Waals surface area contributed by atoms with Gasteiger partial charge < -0.3 is 5.32 Å². The van der Waals surface area contributed by atoms with Crippen molar-refractivity contribution in [1.82, 2.24) is 0 Å². The molecule has 0 fully saturated rings. The summed E-state index contributed by atoms with van der Waals surface area (Å²) < 4.78 is 0. The van der Waals surface area contributed by atoms with Gasteiger partial charge in [-0.2, -0.15) is 0 Å². The molecule has 19 heavy (non-hydrogen) atoms. The van der Waals surface area contributed by atoms with Gasteiger partial charge in [-0.05, 0) is 16.7 Å². The van der Waals surface area contributed by atoms with E-state index in [0.717, 1.165) is 28.1 Å². The van der Waals surface area contributed by atoms with E-state index in [0.29, 0.717) is 0 Å². The Kier molecular flexibility index (Phi) is 3.03. The first-order valence-corrected chi connectivity index (χ1v) is 6.28. The molecule has 0 bridgehead atoms. The largest absolute Gasteiger partial charge is 0.657 e. The van der Waals surface area contributed by atoms with Crippen LogP contribution in [0.25, 0.3) is 16.7 Å². The molecule has 0 unspecified atom stereocenters. The highest BCUT2D eigenvalue weighted by atomic mass is 14.9. The average Bonchev–Trinajstić information content (AvgIpc) is 2.48. The second-order valence-electron chi connectivity index (χ2n) is 4.48. The van der Waals surface area contributed by atoms with Gasteiger partial charge in [-0.25, -0.2) is 0 Å². The van der Waals surface area contributed by atoms with E-state index in [9.17, 15) is 0 Å². The van der Waals surface area contributed by atoms with Crippen molar-refractivity contribution in [2.45, 2.75) is 0 Å². The fraction of sp³-hybridized carbons (Fsp3) is 0. The molecule has 0 atom stereocenters. The standard InChI is InChI=1S/C18H14N/c1-14-12-17(15-8-4-2-5-9-15)19-18(13-14)16-10-6-3-7-11-16/h2-13H,1H2/q-1. The van der Waals surface area contributed by atoms with Crippen LogP contribution in [-0.2, 0) is 0 Å². The quantitative estimate of drug-likeness (QED) is 0.705. The second-order valence-corrected chi connectivity index (χ2v) is 4.48. The normalized spacial score (nSPS) is 14.4. The molecular formula is C18H14N-. The fourth-order valence-corrected chi connectivity index (χ4v) is 2.10. The Morgan fingerprint density at radius 1 is 0.632 bits per heavy atom. The Bertz CT molecular complexity index is 591. The lowest BCUT2D eigenvalue weighted by molar-refractivity contribution is 1.52. The van der Waals surface area contributed by atoms with Crippen molar-refractivity contribution >= 4 is 11.4 Å². The monoisotopic (exact) mass is 244 g/mol. The Labute approximate surface area is 113 Å². The minimum atomic E-state index is 0.965. The van der Waals surface area contributed by atoms with Crippen molar-refractivity contribution in [3.8, 4) is 0 Å². The van der Waals surface area contributed by atoms with Crippen LogP contribution in [0.3, 0.4) is 0 Å².